The van der Waals surface area contributed by atoms with Gasteiger partial charge in [-0.3, -0.25) is 4.79 Å². The second-order valence-corrected chi connectivity index (χ2v) is 7.71. The lowest BCUT2D eigenvalue weighted by atomic mass is 9.99. The van der Waals surface area contributed by atoms with E-state index < -0.39 is 0 Å². The van der Waals surface area contributed by atoms with Crippen LogP contribution in [0.15, 0.2) is 34.1 Å². The summed E-state index contributed by atoms with van der Waals surface area (Å²) in [5, 5.41) is 2.71. The van der Waals surface area contributed by atoms with E-state index >= 15 is 0 Å². The van der Waals surface area contributed by atoms with Crippen molar-refractivity contribution in [2.75, 3.05) is 6.54 Å². The lowest BCUT2D eigenvalue weighted by Gasteiger charge is -2.11. The van der Waals surface area contributed by atoms with Crippen LogP contribution in [0.5, 0.6) is 0 Å². The molecule has 0 bridgehead atoms. The van der Waals surface area contributed by atoms with Crippen molar-refractivity contribution >= 4 is 44.8 Å². The molecule has 0 aliphatic carbocycles. The van der Waals surface area contributed by atoms with Crippen LogP contribution in [-0.2, 0) is 6.42 Å². The Morgan fingerprint density at radius 2 is 2.15 bits per heavy atom. The summed E-state index contributed by atoms with van der Waals surface area (Å²) in [6.45, 7) is 0.741. The van der Waals surface area contributed by atoms with Crippen molar-refractivity contribution in [1.82, 2.24) is 5.32 Å². The largest absolute Gasteiger partial charge is 0.352 e. The summed E-state index contributed by atoms with van der Waals surface area (Å²) in [7, 11) is 0. The van der Waals surface area contributed by atoms with Gasteiger partial charge < -0.3 is 5.32 Å². The molecule has 2 aromatic rings. The molecule has 1 unspecified atom stereocenters. The number of rotatable bonds is 2. The maximum atomic E-state index is 12.1. The monoisotopic (exact) mass is 369 g/mol. The highest BCUT2D eigenvalue weighted by Gasteiger charge is 2.19. The minimum atomic E-state index is -0.215. The van der Waals surface area contributed by atoms with E-state index in [0.29, 0.717) is 0 Å². The van der Waals surface area contributed by atoms with Crippen LogP contribution >= 0.6 is 38.9 Å². The molecule has 0 saturated carbocycles. The molecule has 3 rings (SSSR count). The van der Waals surface area contributed by atoms with Gasteiger partial charge in [-0.25, -0.2) is 0 Å². The Morgan fingerprint density at radius 1 is 1.30 bits per heavy atom. The Hall–Kier alpha value is -0.840. The molecular formula is C15H13BrClNOS. The van der Waals surface area contributed by atoms with Crippen molar-refractivity contribution in [2.24, 2.45) is 0 Å². The number of hydrogen-bond acceptors (Lipinski definition) is 2. The highest BCUT2D eigenvalue weighted by Crippen LogP contribution is 2.36. The van der Waals surface area contributed by atoms with Gasteiger partial charge in [-0.1, -0.05) is 12.1 Å². The number of carbonyl (C=O) groups excluding carboxylic acids is 1. The summed E-state index contributed by atoms with van der Waals surface area (Å²) in [5.74, 6) is 0.00979. The summed E-state index contributed by atoms with van der Waals surface area (Å²) in [6, 6.07) is 10.0. The van der Waals surface area contributed by atoms with Gasteiger partial charge in [-0.15, -0.1) is 22.9 Å². The van der Waals surface area contributed by atoms with E-state index in [1.54, 1.807) is 11.3 Å². The molecule has 0 spiro atoms. The number of hydrogen-bond donors (Lipinski definition) is 1. The average Bonchev–Trinajstić information content (AvgIpc) is 2.80. The fraction of sp³-hybridized carbons (Fsp3) is 0.267. The van der Waals surface area contributed by atoms with Crippen molar-refractivity contribution in [1.29, 1.82) is 0 Å². The molecule has 0 radical (unpaired) electrons. The number of aryl methyl sites for hydroxylation is 1. The molecule has 0 fully saturated rings. The Morgan fingerprint density at radius 3 is 2.90 bits per heavy atom. The minimum absolute atomic E-state index is 0.00979. The van der Waals surface area contributed by atoms with Gasteiger partial charge in [0.1, 0.15) is 0 Å². The zero-order valence-corrected chi connectivity index (χ0v) is 13.8. The van der Waals surface area contributed by atoms with Gasteiger partial charge >= 0.3 is 0 Å². The summed E-state index contributed by atoms with van der Waals surface area (Å²) in [6.07, 6.45) is 1.92. The third-order valence-electron chi connectivity index (χ3n) is 3.42. The number of fused-ring (bicyclic) bond motifs is 1. The summed E-state index contributed by atoms with van der Waals surface area (Å²) in [5.41, 5.74) is 2.85. The summed E-state index contributed by atoms with van der Waals surface area (Å²) >= 11 is 11.6. The number of nitrogens with one attached hydrogen (secondary N) is 1. The zero-order chi connectivity index (χ0) is 14.1. The Kier molecular flexibility index (Phi) is 4.15. The van der Waals surface area contributed by atoms with E-state index in [0.717, 1.165) is 44.7 Å². The topological polar surface area (TPSA) is 29.1 Å². The lowest BCUT2D eigenvalue weighted by molar-refractivity contribution is 0.0956. The Bertz CT molecular complexity index is 655. The predicted molar refractivity (Wildman–Crippen MR) is 86.8 cm³/mol. The van der Waals surface area contributed by atoms with E-state index in [2.05, 4.69) is 21.2 Å². The molecule has 1 aliphatic rings. The van der Waals surface area contributed by atoms with E-state index in [9.17, 15) is 4.79 Å². The van der Waals surface area contributed by atoms with E-state index in [1.807, 2.05) is 30.3 Å². The normalized spacial score (nSPS) is 16.2. The minimum Gasteiger partial charge on any atom is -0.352 e. The van der Waals surface area contributed by atoms with Gasteiger partial charge in [-0.2, -0.15) is 0 Å². The molecule has 1 atom stereocenters. The molecule has 5 heteroatoms. The highest BCUT2D eigenvalue weighted by molar-refractivity contribution is 9.11. The standard InChI is InChI=1S/C15H13BrClNOS/c16-13-6-5-12(20-13)14(17)10-4-3-9-2-1-7-18-15(19)11(9)8-10/h3-6,8,14H,1-2,7H2,(H,18,19). The second-order valence-electron chi connectivity index (χ2n) is 4.78. The van der Waals surface area contributed by atoms with Gasteiger partial charge in [0, 0.05) is 17.0 Å². The highest BCUT2D eigenvalue weighted by atomic mass is 79.9. The van der Waals surface area contributed by atoms with Crippen molar-refractivity contribution in [3.63, 3.8) is 0 Å². The van der Waals surface area contributed by atoms with E-state index in [1.165, 1.54) is 0 Å². The molecular weight excluding hydrogens is 358 g/mol. The fourth-order valence-corrected chi connectivity index (χ4v) is 4.16. The fourth-order valence-electron chi connectivity index (χ4n) is 2.39. The number of carbonyl (C=O) groups is 1. The molecule has 1 amide bonds. The van der Waals surface area contributed by atoms with Crippen LogP contribution in [0.4, 0.5) is 0 Å². The molecule has 1 N–H and O–H groups in total. The van der Waals surface area contributed by atoms with Crippen LogP contribution in [-0.4, -0.2) is 12.5 Å². The molecule has 2 heterocycles. The predicted octanol–water partition coefficient (Wildman–Crippen LogP) is 4.51. The number of amides is 1. The number of halogens is 2. The van der Waals surface area contributed by atoms with Gasteiger partial charge in [0.2, 0.25) is 0 Å². The average molecular weight is 371 g/mol. The first-order chi connectivity index (χ1) is 9.65. The van der Waals surface area contributed by atoms with Gasteiger partial charge in [0.05, 0.1) is 9.16 Å². The summed E-state index contributed by atoms with van der Waals surface area (Å²) < 4.78 is 1.06. The zero-order valence-electron chi connectivity index (χ0n) is 10.7. The number of thiophene rings is 1. The second kappa shape index (κ2) is 5.88. The maximum Gasteiger partial charge on any atom is 0.251 e. The van der Waals surface area contributed by atoms with Crippen molar-refractivity contribution in [3.05, 3.63) is 55.7 Å². The summed E-state index contributed by atoms with van der Waals surface area (Å²) in [4.78, 5) is 13.1. The number of benzene rings is 1. The van der Waals surface area contributed by atoms with Crippen LogP contribution in [0, 0.1) is 0 Å². The van der Waals surface area contributed by atoms with Gasteiger partial charge in [0.25, 0.3) is 5.91 Å². The molecule has 1 aliphatic heterocycles. The van der Waals surface area contributed by atoms with Crippen molar-refractivity contribution in [2.45, 2.75) is 18.2 Å². The van der Waals surface area contributed by atoms with Crippen LogP contribution in [0.25, 0.3) is 0 Å². The van der Waals surface area contributed by atoms with Gasteiger partial charge in [-0.05, 0) is 58.1 Å². The SMILES string of the molecule is O=C1NCCCc2ccc(C(Cl)c3ccc(Br)s3)cc21. The van der Waals surface area contributed by atoms with Crippen LogP contribution < -0.4 is 5.32 Å². The molecule has 2 nitrogen and oxygen atoms in total. The van der Waals surface area contributed by atoms with Crippen LogP contribution in [0.1, 0.15) is 38.2 Å². The quantitative estimate of drug-likeness (QED) is 0.774. The van der Waals surface area contributed by atoms with Gasteiger partial charge in [0.15, 0.2) is 0 Å². The van der Waals surface area contributed by atoms with Crippen molar-refractivity contribution < 1.29 is 4.79 Å². The molecule has 1 aromatic carbocycles. The molecule has 20 heavy (non-hydrogen) atoms. The molecule has 0 saturated heterocycles. The first-order valence-electron chi connectivity index (χ1n) is 6.45. The first kappa shape index (κ1) is 14.1. The Labute approximate surface area is 135 Å². The third kappa shape index (κ3) is 2.78. The van der Waals surface area contributed by atoms with E-state index in [-0.39, 0.29) is 11.3 Å². The molecule has 1 aromatic heterocycles. The maximum absolute atomic E-state index is 12.1. The first-order valence-corrected chi connectivity index (χ1v) is 8.50. The number of alkyl halides is 1. The van der Waals surface area contributed by atoms with E-state index in [4.69, 9.17) is 11.6 Å². The smallest absolute Gasteiger partial charge is 0.251 e. The Balaban J connectivity index is 1.97. The molecule has 104 valence electrons. The third-order valence-corrected chi connectivity index (χ3v) is 5.73. The lowest BCUT2D eigenvalue weighted by Crippen LogP contribution is -2.22. The van der Waals surface area contributed by atoms with Crippen molar-refractivity contribution in [3.8, 4) is 0 Å². The van der Waals surface area contributed by atoms with Crippen LogP contribution in [0.3, 0.4) is 0 Å². The van der Waals surface area contributed by atoms with Crippen LogP contribution in [0.2, 0.25) is 0 Å².